The highest BCUT2D eigenvalue weighted by atomic mass is 16.5. The number of aromatic nitrogens is 2. The predicted molar refractivity (Wildman–Crippen MR) is 98.4 cm³/mol. The van der Waals surface area contributed by atoms with Crippen molar-refractivity contribution < 1.29 is 9.53 Å². The number of piperidine rings is 1. The average molecular weight is 340 g/mol. The van der Waals surface area contributed by atoms with E-state index in [4.69, 9.17) is 4.74 Å². The molecular formula is C19H24N4O2. The van der Waals surface area contributed by atoms with E-state index in [1.807, 2.05) is 38.1 Å². The van der Waals surface area contributed by atoms with Gasteiger partial charge in [-0.2, -0.15) is 0 Å². The molecule has 1 amide bonds. The van der Waals surface area contributed by atoms with Crippen LogP contribution in [0, 0.1) is 6.92 Å². The molecule has 2 aromatic rings. The second kappa shape index (κ2) is 7.96. The van der Waals surface area contributed by atoms with Crippen LogP contribution in [-0.4, -0.2) is 35.6 Å². The van der Waals surface area contributed by atoms with Crippen molar-refractivity contribution in [3.63, 3.8) is 0 Å². The summed E-state index contributed by atoms with van der Waals surface area (Å²) < 4.78 is 5.55. The number of nitrogens with one attached hydrogen (secondary N) is 1. The van der Waals surface area contributed by atoms with E-state index < -0.39 is 0 Å². The number of ether oxygens (including phenoxy) is 1. The summed E-state index contributed by atoms with van der Waals surface area (Å²) in [5.74, 6) is 1.14. The molecule has 6 nitrogen and oxygen atoms in total. The van der Waals surface area contributed by atoms with Crippen molar-refractivity contribution in [3.8, 4) is 5.75 Å². The number of para-hydroxylation sites is 2. The first kappa shape index (κ1) is 17.2. The van der Waals surface area contributed by atoms with E-state index in [0.717, 1.165) is 13.1 Å². The number of hydrogen-bond donors (Lipinski definition) is 1. The number of amides is 1. The standard InChI is InChI=1S/C19H24N4O2/c1-3-25-17-10-6-5-9-16(17)22-18(24)15-13-20-19(21-14(15)2)23-11-7-4-8-12-23/h5-6,9-10,13H,3-4,7-8,11-12H2,1-2H3,(H,22,24). The number of carbonyl (C=O) groups is 1. The molecule has 132 valence electrons. The van der Waals surface area contributed by atoms with Gasteiger partial charge in [0.1, 0.15) is 5.75 Å². The Bertz CT molecular complexity index is 742. The summed E-state index contributed by atoms with van der Waals surface area (Å²) in [6.07, 6.45) is 5.21. The molecular weight excluding hydrogens is 316 g/mol. The van der Waals surface area contributed by atoms with Gasteiger partial charge in [-0.15, -0.1) is 0 Å². The van der Waals surface area contributed by atoms with Crippen LogP contribution < -0.4 is 15.0 Å². The predicted octanol–water partition coefficient (Wildman–Crippen LogP) is 3.43. The second-order valence-corrected chi connectivity index (χ2v) is 6.10. The van der Waals surface area contributed by atoms with Crippen LogP contribution in [-0.2, 0) is 0 Å². The van der Waals surface area contributed by atoms with Gasteiger partial charge in [-0.1, -0.05) is 12.1 Å². The number of benzene rings is 1. The third-order valence-electron chi connectivity index (χ3n) is 4.29. The fourth-order valence-corrected chi connectivity index (χ4v) is 2.96. The van der Waals surface area contributed by atoms with Crippen LogP contribution in [0.15, 0.2) is 30.5 Å². The molecule has 3 rings (SSSR count). The van der Waals surface area contributed by atoms with Gasteiger partial charge in [0.15, 0.2) is 0 Å². The van der Waals surface area contributed by atoms with Gasteiger partial charge in [0.2, 0.25) is 5.95 Å². The number of nitrogens with zero attached hydrogens (tertiary/aromatic N) is 3. The largest absolute Gasteiger partial charge is 0.492 e. The molecule has 0 unspecified atom stereocenters. The molecule has 1 aliphatic heterocycles. The Morgan fingerprint density at radius 1 is 1.24 bits per heavy atom. The zero-order chi connectivity index (χ0) is 17.6. The van der Waals surface area contributed by atoms with Crippen LogP contribution in [0.5, 0.6) is 5.75 Å². The Labute approximate surface area is 148 Å². The lowest BCUT2D eigenvalue weighted by Gasteiger charge is -2.26. The molecule has 25 heavy (non-hydrogen) atoms. The monoisotopic (exact) mass is 340 g/mol. The molecule has 1 N–H and O–H groups in total. The number of carbonyl (C=O) groups excluding carboxylic acids is 1. The van der Waals surface area contributed by atoms with Gasteiger partial charge in [-0.05, 0) is 45.2 Å². The normalized spacial score (nSPS) is 14.2. The van der Waals surface area contributed by atoms with E-state index in [2.05, 4.69) is 20.2 Å². The highest BCUT2D eigenvalue weighted by Gasteiger charge is 2.18. The highest BCUT2D eigenvalue weighted by Crippen LogP contribution is 2.25. The SMILES string of the molecule is CCOc1ccccc1NC(=O)c1cnc(N2CCCCC2)nc1C. The van der Waals surface area contributed by atoms with Crippen molar-refractivity contribution in [2.45, 2.75) is 33.1 Å². The minimum absolute atomic E-state index is 0.227. The first-order valence-electron chi connectivity index (χ1n) is 8.81. The lowest BCUT2D eigenvalue weighted by atomic mass is 10.1. The first-order valence-corrected chi connectivity index (χ1v) is 8.81. The van der Waals surface area contributed by atoms with Crippen LogP contribution >= 0.6 is 0 Å². The van der Waals surface area contributed by atoms with Gasteiger partial charge in [0.25, 0.3) is 5.91 Å². The Hall–Kier alpha value is -2.63. The minimum Gasteiger partial charge on any atom is -0.492 e. The topological polar surface area (TPSA) is 67.3 Å². The molecule has 1 aromatic heterocycles. The molecule has 6 heteroatoms. The molecule has 0 spiro atoms. The van der Waals surface area contributed by atoms with E-state index in [1.54, 1.807) is 6.20 Å². The van der Waals surface area contributed by atoms with E-state index in [1.165, 1.54) is 19.3 Å². The van der Waals surface area contributed by atoms with Crippen molar-refractivity contribution in [2.75, 3.05) is 29.9 Å². The van der Waals surface area contributed by atoms with Gasteiger partial charge < -0.3 is 15.0 Å². The van der Waals surface area contributed by atoms with Crippen molar-refractivity contribution in [2.24, 2.45) is 0 Å². The zero-order valence-electron chi connectivity index (χ0n) is 14.8. The molecule has 0 radical (unpaired) electrons. The minimum atomic E-state index is -0.227. The Kier molecular flexibility index (Phi) is 5.48. The van der Waals surface area contributed by atoms with Gasteiger partial charge in [-0.25, -0.2) is 9.97 Å². The Morgan fingerprint density at radius 2 is 2.00 bits per heavy atom. The molecule has 1 fully saturated rings. The van der Waals surface area contributed by atoms with Crippen LogP contribution in [0.25, 0.3) is 0 Å². The van der Waals surface area contributed by atoms with E-state index >= 15 is 0 Å². The molecule has 1 aromatic carbocycles. The van der Waals surface area contributed by atoms with Gasteiger partial charge in [0, 0.05) is 19.3 Å². The van der Waals surface area contributed by atoms with Crippen molar-refractivity contribution in [3.05, 3.63) is 41.7 Å². The van der Waals surface area contributed by atoms with E-state index in [0.29, 0.717) is 35.2 Å². The summed E-state index contributed by atoms with van der Waals surface area (Å²) in [7, 11) is 0. The molecule has 0 bridgehead atoms. The fourth-order valence-electron chi connectivity index (χ4n) is 2.96. The third-order valence-corrected chi connectivity index (χ3v) is 4.29. The Morgan fingerprint density at radius 3 is 2.72 bits per heavy atom. The number of rotatable bonds is 5. The number of anilines is 2. The van der Waals surface area contributed by atoms with Gasteiger partial charge >= 0.3 is 0 Å². The van der Waals surface area contributed by atoms with Crippen molar-refractivity contribution >= 4 is 17.5 Å². The van der Waals surface area contributed by atoms with Crippen LogP contribution in [0.2, 0.25) is 0 Å². The summed E-state index contributed by atoms with van der Waals surface area (Å²) in [4.78, 5) is 23.8. The molecule has 1 saturated heterocycles. The van der Waals surface area contributed by atoms with Crippen LogP contribution in [0.1, 0.15) is 42.2 Å². The maximum absolute atomic E-state index is 12.6. The molecule has 2 heterocycles. The third kappa shape index (κ3) is 4.07. The van der Waals surface area contributed by atoms with Gasteiger partial charge in [-0.3, -0.25) is 4.79 Å². The summed E-state index contributed by atoms with van der Waals surface area (Å²) >= 11 is 0. The lowest BCUT2D eigenvalue weighted by Crippen LogP contribution is -2.31. The first-order chi connectivity index (χ1) is 12.2. The van der Waals surface area contributed by atoms with E-state index in [-0.39, 0.29) is 5.91 Å². The van der Waals surface area contributed by atoms with Crippen molar-refractivity contribution in [1.29, 1.82) is 0 Å². The van der Waals surface area contributed by atoms with E-state index in [9.17, 15) is 4.79 Å². The summed E-state index contributed by atoms with van der Waals surface area (Å²) in [5, 5.41) is 2.89. The molecule has 0 atom stereocenters. The zero-order valence-corrected chi connectivity index (χ0v) is 14.8. The quantitative estimate of drug-likeness (QED) is 0.903. The van der Waals surface area contributed by atoms with Gasteiger partial charge in [0.05, 0.1) is 23.6 Å². The van der Waals surface area contributed by atoms with Crippen molar-refractivity contribution in [1.82, 2.24) is 9.97 Å². The summed E-state index contributed by atoms with van der Waals surface area (Å²) in [5.41, 5.74) is 1.81. The maximum Gasteiger partial charge on any atom is 0.259 e. The molecule has 0 saturated carbocycles. The number of hydrogen-bond acceptors (Lipinski definition) is 5. The highest BCUT2D eigenvalue weighted by molar-refractivity contribution is 6.05. The van der Waals surface area contributed by atoms with Crippen LogP contribution in [0.4, 0.5) is 11.6 Å². The lowest BCUT2D eigenvalue weighted by molar-refractivity contribution is 0.102. The number of aryl methyl sites for hydroxylation is 1. The smallest absolute Gasteiger partial charge is 0.259 e. The maximum atomic E-state index is 12.6. The Balaban J connectivity index is 1.76. The second-order valence-electron chi connectivity index (χ2n) is 6.10. The fraction of sp³-hybridized carbons (Fsp3) is 0.421. The summed E-state index contributed by atoms with van der Waals surface area (Å²) in [6.45, 7) is 6.26. The molecule has 1 aliphatic rings. The summed E-state index contributed by atoms with van der Waals surface area (Å²) in [6, 6.07) is 7.40. The van der Waals surface area contributed by atoms with Crippen LogP contribution in [0.3, 0.4) is 0 Å². The average Bonchev–Trinajstić information content (AvgIpc) is 2.64. The molecule has 0 aliphatic carbocycles.